The smallest absolute Gasteiger partial charge is 0.258 e. The molecule has 9 heteroatoms. The lowest BCUT2D eigenvalue weighted by Gasteiger charge is -2.07. The first-order chi connectivity index (χ1) is 11.6. The van der Waals surface area contributed by atoms with Crippen LogP contribution in [-0.2, 0) is 5.75 Å². The third-order valence-corrected chi connectivity index (χ3v) is 4.70. The van der Waals surface area contributed by atoms with Crippen LogP contribution in [0.2, 0.25) is 5.02 Å². The van der Waals surface area contributed by atoms with E-state index in [0.29, 0.717) is 21.5 Å². The van der Waals surface area contributed by atoms with Crippen LogP contribution in [0.15, 0.2) is 47.6 Å². The third-order valence-electron chi connectivity index (χ3n) is 3.48. The zero-order valence-electron chi connectivity index (χ0n) is 12.6. The fourth-order valence-electron chi connectivity index (χ4n) is 2.18. The SMILES string of the molecule is Cc1c(CSc2nnnn2-c2ccc(Cl)cc2)cccc1[N+](=O)[O-]. The van der Waals surface area contributed by atoms with Crippen LogP contribution in [0, 0.1) is 17.0 Å². The van der Waals surface area contributed by atoms with Crippen LogP contribution in [0.5, 0.6) is 0 Å². The summed E-state index contributed by atoms with van der Waals surface area (Å²) in [7, 11) is 0. The van der Waals surface area contributed by atoms with E-state index in [1.54, 1.807) is 29.8 Å². The Balaban J connectivity index is 1.82. The summed E-state index contributed by atoms with van der Waals surface area (Å²) < 4.78 is 1.60. The molecule has 1 aromatic heterocycles. The van der Waals surface area contributed by atoms with Gasteiger partial charge in [-0.1, -0.05) is 35.5 Å². The molecule has 0 amide bonds. The molecule has 0 spiro atoms. The summed E-state index contributed by atoms with van der Waals surface area (Å²) in [5.74, 6) is 0.529. The standard InChI is InChI=1S/C15H12ClN5O2S/c1-10-11(3-2-4-14(10)21(22)23)9-24-15-17-18-19-20(15)13-7-5-12(16)6-8-13/h2-8H,9H2,1H3. The lowest BCUT2D eigenvalue weighted by atomic mass is 10.1. The van der Waals surface area contributed by atoms with Crippen LogP contribution in [0.1, 0.15) is 11.1 Å². The third kappa shape index (κ3) is 3.39. The largest absolute Gasteiger partial charge is 0.272 e. The number of thioether (sulfide) groups is 1. The molecule has 0 aliphatic rings. The molecule has 24 heavy (non-hydrogen) atoms. The molecule has 1 heterocycles. The molecule has 0 fully saturated rings. The predicted molar refractivity (Wildman–Crippen MR) is 91.6 cm³/mol. The Morgan fingerprint density at radius 1 is 1.25 bits per heavy atom. The number of nitro benzene ring substituents is 1. The summed E-state index contributed by atoms with van der Waals surface area (Å²) in [6.07, 6.45) is 0. The number of aromatic nitrogens is 4. The Kier molecular flexibility index (Phi) is 4.77. The van der Waals surface area contributed by atoms with Crippen molar-refractivity contribution in [3.63, 3.8) is 0 Å². The van der Waals surface area contributed by atoms with E-state index < -0.39 is 0 Å². The second kappa shape index (κ2) is 6.98. The number of hydrogen-bond donors (Lipinski definition) is 0. The Hall–Kier alpha value is -2.45. The molecule has 0 unspecified atom stereocenters. The van der Waals surface area contributed by atoms with Crippen molar-refractivity contribution < 1.29 is 4.92 Å². The highest BCUT2D eigenvalue weighted by molar-refractivity contribution is 7.98. The van der Waals surface area contributed by atoms with E-state index >= 15 is 0 Å². The van der Waals surface area contributed by atoms with Crippen molar-refractivity contribution in [1.29, 1.82) is 0 Å². The maximum absolute atomic E-state index is 11.0. The Morgan fingerprint density at radius 3 is 2.71 bits per heavy atom. The van der Waals surface area contributed by atoms with Crippen LogP contribution in [0.25, 0.3) is 5.69 Å². The summed E-state index contributed by atoms with van der Waals surface area (Å²) >= 11 is 7.30. The van der Waals surface area contributed by atoms with Crippen LogP contribution in [0.3, 0.4) is 0 Å². The number of nitro groups is 1. The molecule has 3 rings (SSSR count). The Bertz CT molecular complexity index is 882. The molecule has 7 nitrogen and oxygen atoms in total. The van der Waals surface area contributed by atoms with E-state index in [1.807, 2.05) is 18.2 Å². The lowest BCUT2D eigenvalue weighted by molar-refractivity contribution is -0.385. The molecule has 0 radical (unpaired) electrons. The van der Waals surface area contributed by atoms with Gasteiger partial charge in [-0.15, -0.1) is 5.10 Å². The van der Waals surface area contributed by atoms with Gasteiger partial charge in [0.2, 0.25) is 5.16 Å². The number of benzene rings is 2. The minimum atomic E-state index is -0.374. The number of nitrogens with zero attached hydrogens (tertiary/aromatic N) is 5. The molecule has 3 aromatic rings. The summed E-state index contributed by atoms with van der Waals surface area (Å²) in [6, 6.07) is 12.2. The van der Waals surface area contributed by atoms with Gasteiger partial charge < -0.3 is 0 Å². The monoisotopic (exact) mass is 361 g/mol. The molecule has 122 valence electrons. The molecule has 0 bridgehead atoms. The highest BCUT2D eigenvalue weighted by atomic mass is 35.5. The van der Waals surface area contributed by atoms with Gasteiger partial charge in [0.1, 0.15) is 0 Å². The van der Waals surface area contributed by atoms with Gasteiger partial charge in [-0.25, -0.2) is 0 Å². The molecule has 2 aromatic carbocycles. The van der Waals surface area contributed by atoms with E-state index in [0.717, 1.165) is 11.3 Å². The highest BCUT2D eigenvalue weighted by Crippen LogP contribution is 2.28. The average Bonchev–Trinajstić information content (AvgIpc) is 3.03. The lowest BCUT2D eigenvalue weighted by Crippen LogP contribution is -1.99. The normalized spacial score (nSPS) is 10.8. The molecule has 0 saturated heterocycles. The van der Waals surface area contributed by atoms with Crippen molar-refractivity contribution in [2.24, 2.45) is 0 Å². The number of rotatable bonds is 5. The van der Waals surface area contributed by atoms with E-state index in [-0.39, 0.29) is 10.6 Å². The summed E-state index contributed by atoms with van der Waals surface area (Å²) in [5.41, 5.74) is 2.44. The van der Waals surface area contributed by atoms with Gasteiger partial charge in [0, 0.05) is 22.4 Å². The van der Waals surface area contributed by atoms with Gasteiger partial charge >= 0.3 is 0 Å². The van der Waals surface area contributed by atoms with Gasteiger partial charge in [0.25, 0.3) is 5.69 Å². The van der Waals surface area contributed by atoms with Crippen LogP contribution in [-0.4, -0.2) is 25.1 Å². The number of hydrogen-bond acceptors (Lipinski definition) is 6. The molecular formula is C15H12ClN5O2S. The maximum Gasteiger partial charge on any atom is 0.272 e. The van der Waals surface area contributed by atoms with Crippen molar-refractivity contribution in [2.75, 3.05) is 0 Å². The van der Waals surface area contributed by atoms with E-state index in [2.05, 4.69) is 15.5 Å². The van der Waals surface area contributed by atoms with Crippen molar-refractivity contribution in [2.45, 2.75) is 17.8 Å². The topological polar surface area (TPSA) is 86.7 Å². The van der Waals surface area contributed by atoms with Gasteiger partial charge in [0.05, 0.1) is 10.6 Å². The van der Waals surface area contributed by atoms with Crippen molar-refractivity contribution >= 4 is 29.1 Å². The van der Waals surface area contributed by atoms with Crippen LogP contribution in [0.4, 0.5) is 5.69 Å². The molecule has 0 aliphatic carbocycles. The Labute approximate surface area is 146 Å². The molecule has 0 aliphatic heterocycles. The number of halogens is 1. The number of tetrazole rings is 1. The molecule has 0 N–H and O–H groups in total. The average molecular weight is 362 g/mol. The fraction of sp³-hybridized carbons (Fsp3) is 0.133. The van der Waals surface area contributed by atoms with E-state index in [4.69, 9.17) is 11.6 Å². The minimum Gasteiger partial charge on any atom is -0.258 e. The van der Waals surface area contributed by atoms with Gasteiger partial charge in [-0.2, -0.15) is 4.68 Å². The predicted octanol–water partition coefficient (Wildman–Crippen LogP) is 3.82. The quantitative estimate of drug-likeness (QED) is 0.390. The first-order valence-electron chi connectivity index (χ1n) is 6.96. The zero-order chi connectivity index (χ0) is 17.1. The fourth-order valence-corrected chi connectivity index (χ4v) is 3.26. The minimum absolute atomic E-state index is 0.116. The van der Waals surface area contributed by atoms with Gasteiger partial charge in [0.15, 0.2) is 0 Å². The summed E-state index contributed by atoms with van der Waals surface area (Å²) in [4.78, 5) is 10.7. The first-order valence-corrected chi connectivity index (χ1v) is 8.32. The zero-order valence-corrected chi connectivity index (χ0v) is 14.2. The van der Waals surface area contributed by atoms with Gasteiger partial charge in [-0.3, -0.25) is 10.1 Å². The van der Waals surface area contributed by atoms with Crippen molar-refractivity contribution in [3.8, 4) is 5.69 Å². The van der Waals surface area contributed by atoms with Crippen LogP contribution >= 0.6 is 23.4 Å². The second-order valence-electron chi connectivity index (χ2n) is 4.96. The summed E-state index contributed by atoms with van der Waals surface area (Å²) in [5, 5.41) is 24.0. The molecule has 0 saturated carbocycles. The van der Waals surface area contributed by atoms with E-state index in [9.17, 15) is 10.1 Å². The van der Waals surface area contributed by atoms with E-state index in [1.165, 1.54) is 17.8 Å². The maximum atomic E-state index is 11.0. The highest BCUT2D eigenvalue weighted by Gasteiger charge is 2.15. The second-order valence-corrected chi connectivity index (χ2v) is 6.34. The van der Waals surface area contributed by atoms with Gasteiger partial charge in [-0.05, 0) is 47.2 Å². The van der Waals surface area contributed by atoms with Crippen molar-refractivity contribution in [1.82, 2.24) is 20.2 Å². The molecule has 0 atom stereocenters. The van der Waals surface area contributed by atoms with Crippen molar-refractivity contribution in [3.05, 3.63) is 68.7 Å². The Morgan fingerprint density at radius 2 is 2.00 bits per heavy atom. The van der Waals surface area contributed by atoms with Crippen LogP contribution < -0.4 is 0 Å². The first kappa shape index (κ1) is 16.4. The summed E-state index contributed by atoms with van der Waals surface area (Å²) in [6.45, 7) is 1.75. The molecular weight excluding hydrogens is 350 g/mol.